The van der Waals surface area contributed by atoms with E-state index in [0.717, 1.165) is 49.2 Å². The highest BCUT2D eigenvalue weighted by Crippen LogP contribution is 2.43. The van der Waals surface area contributed by atoms with E-state index in [2.05, 4.69) is 135 Å². The van der Waals surface area contributed by atoms with Crippen molar-refractivity contribution in [3.63, 3.8) is 0 Å². The van der Waals surface area contributed by atoms with Gasteiger partial charge in [0.15, 0.2) is 11.6 Å². The summed E-state index contributed by atoms with van der Waals surface area (Å²) in [5, 5.41) is 23.9. The number of fused-ring (bicyclic) bond motifs is 6. The lowest BCUT2D eigenvalue weighted by Crippen LogP contribution is -2.41. The number of hydrogen-bond donors (Lipinski definition) is 1. The highest BCUT2D eigenvalue weighted by atomic mass is 32.1. The predicted molar refractivity (Wildman–Crippen MR) is 203 cm³/mol. The Balaban J connectivity index is 0.000000146. The Kier molecular flexibility index (Phi) is 9.05. The van der Waals surface area contributed by atoms with Gasteiger partial charge >= 0.3 is 0 Å². The van der Waals surface area contributed by atoms with Gasteiger partial charge in [-0.3, -0.25) is 14.0 Å². The summed E-state index contributed by atoms with van der Waals surface area (Å²) < 4.78 is 4.55. The van der Waals surface area contributed by atoms with Crippen LogP contribution in [0.2, 0.25) is 0 Å². The highest BCUT2D eigenvalue weighted by molar-refractivity contribution is 7.15. The maximum atomic E-state index is 4.59. The third-order valence-electron chi connectivity index (χ3n) is 10.9. The lowest BCUT2D eigenvalue weighted by molar-refractivity contribution is 0.0762. The second-order valence-corrected chi connectivity index (χ2v) is 16.5. The van der Waals surface area contributed by atoms with E-state index >= 15 is 0 Å². The molecule has 6 heterocycles. The number of rotatable bonds is 5. The summed E-state index contributed by atoms with van der Waals surface area (Å²) in [4.78, 5) is 5.48. The second kappa shape index (κ2) is 13.6. The van der Waals surface area contributed by atoms with Gasteiger partial charge in [0, 0.05) is 40.0 Å². The fourth-order valence-corrected chi connectivity index (χ4v) is 10.3. The predicted octanol–water partition coefficient (Wildman–Crippen LogP) is 8.67. The number of aryl methyl sites for hydroxylation is 4. The minimum Gasteiger partial charge on any atom is -0.303 e. The van der Waals surface area contributed by atoms with Crippen LogP contribution in [0.1, 0.15) is 112 Å². The fraction of sp³-hybridized carbons (Fsp3) is 0.400. The zero-order valence-electron chi connectivity index (χ0n) is 29.9. The molecule has 2 aromatic carbocycles. The van der Waals surface area contributed by atoms with E-state index < -0.39 is 0 Å². The Hall–Kier alpha value is -3.96. The molecule has 4 aromatic heterocycles. The lowest BCUT2D eigenvalue weighted by Gasteiger charge is -2.40. The Morgan fingerprint density at radius 3 is 1.76 bits per heavy atom. The summed E-state index contributed by atoms with van der Waals surface area (Å²) in [5.74, 6) is 4.07. The van der Waals surface area contributed by atoms with Gasteiger partial charge in [0.05, 0.1) is 12.1 Å². The molecule has 0 amide bonds. The Morgan fingerprint density at radius 1 is 0.680 bits per heavy atom. The molecule has 0 spiro atoms. The third kappa shape index (κ3) is 5.96. The van der Waals surface area contributed by atoms with Crippen molar-refractivity contribution in [2.45, 2.75) is 105 Å². The first kappa shape index (κ1) is 33.2. The maximum Gasteiger partial charge on any atom is 0.155 e. The van der Waals surface area contributed by atoms with Crippen LogP contribution in [-0.2, 0) is 25.9 Å². The van der Waals surface area contributed by atoms with Gasteiger partial charge in [-0.25, -0.2) is 0 Å². The Labute approximate surface area is 303 Å². The van der Waals surface area contributed by atoms with Gasteiger partial charge in [-0.15, -0.1) is 43.1 Å². The van der Waals surface area contributed by atoms with E-state index in [9.17, 15) is 0 Å². The molecule has 10 heteroatoms. The number of hydrogen-bond acceptors (Lipinski definition) is 8. The van der Waals surface area contributed by atoms with Gasteiger partial charge in [0.25, 0.3) is 0 Å². The first-order valence-corrected chi connectivity index (χ1v) is 19.6. The zero-order valence-corrected chi connectivity index (χ0v) is 31.5. The lowest BCUT2D eigenvalue weighted by atomic mass is 9.89. The van der Waals surface area contributed by atoms with Crippen molar-refractivity contribution in [2.75, 3.05) is 0 Å². The van der Waals surface area contributed by atoms with Crippen LogP contribution < -0.4 is 5.32 Å². The summed E-state index contributed by atoms with van der Waals surface area (Å²) in [6.07, 6.45) is 5.95. The number of thiophene rings is 2. The molecule has 0 bridgehead atoms. The number of nitrogens with zero attached hydrogens (tertiary/aromatic N) is 7. The third-order valence-corrected chi connectivity index (χ3v) is 13.2. The monoisotopic (exact) mass is 702 g/mol. The number of aromatic nitrogens is 6. The molecular formula is C40H46N8S2. The van der Waals surface area contributed by atoms with Crippen molar-refractivity contribution in [3.05, 3.63) is 127 Å². The van der Waals surface area contributed by atoms with Crippen LogP contribution >= 0.6 is 22.7 Å². The summed E-state index contributed by atoms with van der Waals surface area (Å²) in [5.41, 5.74) is 8.56. The fourth-order valence-electron chi connectivity index (χ4n) is 7.78. The van der Waals surface area contributed by atoms with E-state index in [4.69, 9.17) is 0 Å². The van der Waals surface area contributed by atoms with E-state index in [1.54, 1.807) is 0 Å². The average molecular weight is 703 g/mol. The topological polar surface area (TPSA) is 76.7 Å². The first-order valence-electron chi connectivity index (χ1n) is 17.9. The summed E-state index contributed by atoms with van der Waals surface area (Å²) in [6.45, 7) is 15.0. The molecule has 6 aromatic rings. The molecule has 3 aliphatic rings. The number of benzene rings is 2. The van der Waals surface area contributed by atoms with Crippen molar-refractivity contribution >= 4 is 22.7 Å². The number of nitrogens with one attached hydrogen (secondary N) is 1. The normalized spacial score (nSPS) is 18.5. The minimum absolute atomic E-state index is 0.209. The molecule has 2 aliphatic heterocycles. The summed E-state index contributed by atoms with van der Waals surface area (Å²) in [7, 11) is 0. The largest absolute Gasteiger partial charge is 0.303 e. The molecule has 1 fully saturated rings. The molecule has 0 radical (unpaired) electrons. The van der Waals surface area contributed by atoms with Crippen LogP contribution in [-0.4, -0.2) is 40.5 Å². The van der Waals surface area contributed by atoms with Crippen molar-refractivity contribution in [3.8, 4) is 10.0 Å². The van der Waals surface area contributed by atoms with E-state index in [0.29, 0.717) is 12.1 Å². The molecular weight excluding hydrogens is 657 g/mol. The van der Waals surface area contributed by atoms with Crippen LogP contribution in [0.15, 0.2) is 60.7 Å². The Morgan fingerprint density at radius 2 is 1.20 bits per heavy atom. The van der Waals surface area contributed by atoms with Gasteiger partial charge < -0.3 is 5.32 Å². The van der Waals surface area contributed by atoms with Gasteiger partial charge in [-0.05, 0) is 89.5 Å². The molecule has 1 saturated carbocycles. The van der Waals surface area contributed by atoms with Crippen LogP contribution in [0.3, 0.4) is 0 Å². The molecule has 9 rings (SSSR count). The highest BCUT2D eigenvalue weighted by Gasteiger charge is 2.37. The van der Waals surface area contributed by atoms with Gasteiger partial charge in [-0.2, -0.15) is 0 Å². The van der Waals surface area contributed by atoms with E-state index in [1.165, 1.54) is 72.4 Å². The van der Waals surface area contributed by atoms with Crippen molar-refractivity contribution in [1.82, 2.24) is 39.7 Å². The summed E-state index contributed by atoms with van der Waals surface area (Å²) in [6, 6.07) is 22.7. The van der Waals surface area contributed by atoms with Crippen molar-refractivity contribution < 1.29 is 0 Å². The van der Waals surface area contributed by atoms with Crippen LogP contribution in [0.4, 0.5) is 0 Å². The van der Waals surface area contributed by atoms with Crippen molar-refractivity contribution in [2.24, 2.45) is 0 Å². The van der Waals surface area contributed by atoms with E-state index in [1.807, 2.05) is 29.6 Å². The molecule has 2 atom stereocenters. The molecule has 1 aliphatic carbocycles. The van der Waals surface area contributed by atoms with E-state index in [-0.39, 0.29) is 6.04 Å². The van der Waals surface area contributed by atoms with Gasteiger partial charge in [0.2, 0.25) is 0 Å². The molecule has 1 N–H and O–H groups in total. The average Bonchev–Trinajstić information content (AvgIpc) is 3.79. The quantitative estimate of drug-likeness (QED) is 0.194. The Bertz CT molecular complexity index is 2120. The second-order valence-electron chi connectivity index (χ2n) is 14.1. The van der Waals surface area contributed by atoms with Crippen LogP contribution in [0.25, 0.3) is 10.0 Å². The van der Waals surface area contributed by atoms with Crippen molar-refractivity contribution in [1.29, 1.82) is 0 Å². The smallest absolute Gasteiger partial charge is 0.155 e. The standard InChI is InChI=1S/C22H26N4S.C18H20N4S/c1-14-21-24-23-16(3)26(21)22-20(13-25(14)18-10-7-11-18)19(15(2)27-22)12-17-8-5-4-6-9-17;1-11-17-21-20-13(3)22(17)18-16(10-19-11)15(12(2)23-18)9-14-7-5-4-6-8-14/h4-6,8-9,14,18H,7,10-13H2,1-3H3;4-8,11,19H,9-10H2,1-3H3/t14-;11-/m00/s1. The van der Waals surface area contributed by atoms with Gasteiger partial charge in [-0.1, -0.05) is 67.1 Å². The molecule has 8 nitrogen and oxygen atoms in total. The zero-order chi connectivity index (χ0) is 34.5. The SMILES string of the molecule is Cc1sc2c(c1Cc1ccccc1)CN(C1CCC1)[C@@H](C)c1nnc(C)n1-2.Cc1sc2c(c1Cc1ccccc1)CN[C@@H](C)c1nnc(C)n1-2. The molecule has 50 heavy (non-hydrogen) atoms. The molecule has 0 unspecified atom stereocenters. The molecule has 0 saturated heterocycles. The minimum atomic E-state index is 0.209. The van der Waals surface area contributed by atoms with Gasteiger partial charge in [0.1, 0.15) is 21.7 Å². The molecule has 258 valence electrons. The maximum absolute atomic E-state index is 4.59. The van der Waals surface area contributed by atoms with Crippen LogP contribution in [0, 0.1) is 27.7 Å². The first-order chi connectivity index (χ1) is 24.3. The van der Waals surface area contributed by atoms with Crippen LogP contribution in [0.5, 0.6) is 0 Å². The summed E-state index contributed by atoms with van der Waals surface area (Å²) >= 11 is 3.76.